The van der Waals surface area contributed by atoms with Crippen LogP contribution in [0.4, 0.5) is 0 Å². The molecule has 1 saturated heterocycles. The second-order valence-electron chi connectivity index (χ2n) is 8.29. The topological polar surface area (TPSA) is 112 Å². The molecule has 2 atom stereocenters. The first-order valence-corrected chi connectivity index (χ1v) is 11.7. The Labute approximate surface area is 221 Å². The number of rotatable bonds is 7. The molecule has 4 N–H and O–H groups in total. The molecule has 2 aromatic carbocycles. The van der Waals surface area contributed by atoms with Gasteiger partial charge in [-0.25, -0.2) is 0 Å². The second-order valence-corrected chi connectivity index (χ2v) is 9.46. The van der Waals surface area contributed by atoms with E-state index in [1.165, 1.54) is 0 Å². The van der Waals surface area contributed by atoms with Crippen LogP contribution < -0.4 is 10.5 Å². The lowest BCUT2D eigenvalue weighted by Crippen LogP contribution is -2.29. The van der Waals surface area contributed by atoms with Crippen molar-refractivity contribution in [2.45, 2.75) is 31.8 Å². The molecule has 1 unspecified atom stereocenters. The van der Waals surface area contributed by atoms with Crippen molar-refractivity contribution in [3.05, 3.63) is 64.5 Å². The van der Waals surface area contributed by atoms with Crippen LogP contribution in [-0.4, -0.2) is 53.9 Å². The normalized spacial score (nSPS) is 16.3. The number of aliphatic imine (C=N–C) groups is 1. The number of carboxylic acids is 1. The lowest BCUT2D eigenvalue weighted by atomic mass is 9.95. The number of aliphatic carboxylic acids is 1. The first-order valence-electron chi connectivity index (χ1n) is 10.9. The van der Waals surface area contributed by atoms with Crippen molar-refractivity contribution in [1.29, 1.82) is 5.41 Å². The highest BCUT2D eigenvalue weighted by molar-refractivity contribution is 7.19. The molecule has 7 nitrogen and oxygen atoms in total. The number of nitrogens with zero attached hydrogens (tertiary/aromatic N) is 2. The van der Waals surface area contributed by atoms with E-state index in [0.717, 1.165) is 51.6 Å². The highest BCUT2D eigenvalue weighted by atomic mass is 35.5. The third-order valence-electron chi connectivity index (χ3n) is 6.09. The van der Waals surface area contributed by atoms with Gasteiger partial charge in [-0.1, -0.05) is 12.1 Å². The van der Waals surface area contributed by atoms with Gasteiger partial charge >= 0.3 is 5.97 Å². The molecule has 188 valence electrons. The lowest BCUT2D eigenvalue weighted by molar-refractivity contribution is -0.138. The molecule has 35 heavy (non-hydrogen) atoms. The third kappa shape index (κ3) is 6.66. The minimum atomic E-state index is -0.855. The van der Waals surface area contributed by atoms with E-state index in [1.807, 2.05) is 55.5 Å². The summed E-state index contributed by atoms with van der Waals surface area (Å²) in [6, 6.07) is 15.0. The van der Waals surface area contributed by atoms with E-state index < -0.39 is 11.9 Å². The van der Waals surface area contributed by atoms with E-state index in [2.05, 4.69) is 9.89 Å². The number of nitrogens with two attached hydrogens (primary N) is 1. The molecule has 1 aliphatic heterocycles. The van der Waals surface area contributed by atoms with Crippen molar-refractivity contribution >= 4 is 63.9 Å². The number of amidine groups is 2. The molecule has 0 saturated carbocycles. The van der Waals surface area contributed by atoms with Gasteiger partial charge in [-0.05, 0) is 60.7 Å². The Hall–Kier alpha value is -2.81. The summed E-state index contributed by atoms with van der Waals surface area (Å²) in [5.41, 5.74) is 7.00. The summed E-state index contributed by atoms with van der Waals surface area (Å²) in [5.74, 6) is 0.282. The Balaban J connectivity index is 0.00000216. The van der Waals surface area contributed by atoms with E-state index in [9.17, 15) is 9.90 Å². The molecule has 0 aliphatic carbocycles. The molecular formula is C25H30Cl2N4O3S. The largest absolute Gasteiger partial charge is 0.489 e. The molecular weight excluding hydrogens is 507 g/mol. The zero-order chi connectivity index (χ0) is 23.5. The van der Waals surface area contributed by atoms with Crippen LogP contribution in [0.2, 0.25) is 0 Å². The maximum Gasteiger partial charge on any atom is 0.311 e. The van der Waals surface area contributed by atoms with E-state index in [4.69, 9.17) is 15.9 Å². The molecule has 0 spiro atoms. The van der Waals surface area contributed by atoms with E-state index in [0.29, 0.717) is 12.0 Å². The summed E-state index contributed by atoms with van der Waals surface area (Å²) in [7, 11) is 1.79. The standard InChI is InChI=1S/C25H28N4O3S.2ClH/c1-15(28-2)29-10-9-20(14-29)32-19-6-3-16(4-7-19)22(25(30)31)13-21-12-18-11-17(24(26)27)5-8-23(18)33-21;;/h3-8,11-12,20,22H,9-10,13-14H2,1-2H3,(H3,26,27)(H,30,31);2*1H/b28-15+;;/t20-,22?;;/m0../s1. The Morgan fingerprint density at radius 1 is 1.26 bits per heavy atom. The van der Waals surface area contributed by atoms with Crippen LogP contribution in [0.5, 0.6) is 5.75 Å². The number of carboxylic acid groups (broad SMARTS) is 1. The molecule has 1 aliphatic rings. The summed E-state index contributed by atoms with van der Waals surface area (Å²) in [6.07, 6.45) is 1.43. The van der Waals surface area contributed by atoms with Gasteiger partial charge in [0, 0.05) is 35.2 Å². The van der Waals surface area contributed by atoms with Gasteiger partial charge in [-0.15, -0.1) is 36.2 Å². The molecule has 3 aromatic rings. The van der Waals surface area contributed by atoms with Gasteiger partial charge < -0.3 is 20.5 Å². The fraction of sp³-hybridized carbons (Fsp3) is 0.320. The first kappa shape index (κ1) is 28.4. The SMILES string of the molecule is C/N=C(\C)N1CC[C@H](Oc2ccc(C(Cc3cc4cc(C(=N)N)ccc4s3)C(=O)O)cc2)C1.Cl.Cl. The number of hydrogen-bond acceptors (Lipinski definition) is 5. The zero-order valence-corrected chi connectivity index (χ0v) is 22.0. The van der Waals surface area contributed by atoms with Crippen molar-refractivity contribution in [2.24, 2.45) is 10.7 Å². The Morgan fingerprint density at radius 3 is 2.60 bits per heavy atom. The summed E-state index contributed by atoms with van der Waals surface area (Å²) >= 11 is 1.57. The fourth-order valence-corrected chi connectivity index (χ4v) is 5.24. The van der Waals surface area contributed by atoms with Crippen molar-refractivity contribution in [3.63, 3.8) is 0 Å². The Kier molecular flexibility index (Phi) is 9.94. The predicted octanol–water partition coefficient (Wildman–Crippen LogP) is 4.94. The number of benzene rings is 2. The van der Waals surface area contributed by atoms with Crippen LogP contribution in [0.15, 0.2) is 53.5 Å². The van der Waals surface area contributed by atoms with E-state index in [1.54, 1.807) is 18.4 Å². The van der Waals surface area contributed by atoms with E-state index in [-0.39, 0.29) is 36.8 Å². The minimum Gasteiger partial charge on any atom is -0.489 e. The summed E-state index contributed by atoms with van der Waals surface area (Å²) in [6.45, 7) is 3.73. The maximum absolute atomic E-state index is 12.1. The molecule has 0 amide bonds. The summed E-state index contributed by atoms with van der Waals surface area (Å²) < 4.78 is 7.17. The molecule has 4 rings (SSSR count). The van der Waals surface area contributed by atoms with E-state index >= 15 is 0 Å². The fourth-order valence-electron chi connectivity index (χ4n) is 4.15. The Morgan fingerprint density at radius 2 is 1.97 bits per heavy atom. The number of thiophene rings is 1. The lowest BCUT2D eigenvalue weighted by Gasteiger charge is -2.18. The smallest absolute Gasteiger partial charge is 0.311 e. The number of halogens is 2. The minimum absolute atomic E-state index is 0. The Bertz CT molecular complexity index is 1210. The highest BCUT2D eigenvalue weighted by Crippen LogP contribution is 2.32. The van der Waals surface area contributed by atoms with Gasteiger partial charge in [-0.2, -0.15) is 0 Å². The maximum atomic E-state index is 12.1. The van der Waals surface area contributed by atoms with Crippen LogP contribution in [0.3, 0.4) is 0 Å². The van der Waals surface area contributed by atoms with Crippen LogP contribution >= 0.6 is 36.2 Å². The van der Waals surface area contributed by atoms with Crippen LogP contribution in [0.1, 0.15) is 35.3 Å². The van der Waals surface area contributed by atoms with Gasteiger partial charge in [0.05, 0.1) is 18.3 Å². The molecule has 1 fully saturated rings. The van der Waals surface area contributed by atoms with Crippen molar-refractivity contribution < 1.29 is 14.6 Å². The predicted molar refractivity (Wildman–Crippen MR) is 147 cm³/mol. The van der Waals surface area contributed by atoms with Gasteiger partial charge in [0.1, 0.15) is 17.7 Å². The van der Waals surface area contributed by atoms with Crippen molar-refractivity contribution in [3.8, 4) is 5.75 Å². The molecule has 0 bridgehead atoms. The summed E-state index contributed by atoms with van der Waals surface area (Å²) in [4.78, 5) is 19.5. The number of nitrogen functional groups attached to an aromatic ring is 1. The monoisotopic (exact) mass is 536 g/mol. The number of nitrogens with one attached hydrogen (secondary N) is 1. The zero-order valence-electron chi connectivity index (χ0n) is 19.6. The van der Waals surface area contributed by atoms with Crippen LogP contribution in [-0.2, 0) is 11.2 Å². The van der Waals surface area contributed by atoms with Gasteiger partial charge in [0.15, 0.2) is 0 Å². The number of hydrogen-bond donors (Lipinski definition) is 3. The average Bonchev–Trinajstić information content (AvgIpc) is 3.43. The summed E-state index contributed by atoms with van der Waals surface area (Å²) in [5, 5.41) is 18.5. The highest BCUT2D eigenvalue weighted by Gasteiger charge is 2.25. The van der Waals surface area contributed by atoms with Gasteiger partial charge in [0.25, 0.3) is 0 Å². The first-order chi connectivity index (χ1) is 15.8. The molecule has 10 heteroatoms. The second kappa shape index (κ2) is 12.2. The number of ether oxygens (including phenoxy) is 1. The third-order valence-corrected chi connectivity index (χ3v) is 7.23. The molecule has 2 heterocycles. The van der Waals surface area contributed by atoms with Crippen LogP contribution in [0, 0.1) is 5.41 Å². The van der Waals surface area contributed by atoms with Gasteiger partial charge in [-0.3, -0.25) is 15.2 Å². The van der Waals surface area contributed by atoms with Gasteiger partial charge in [0.2, 0.25) is 0 Å². The number of likely N-dealkylation sites (tertiary alicyclic amines) is 1. The average molecular weight is 538 g/mol. The number of fused-ring (bicyclic) bond motifs is 1. The van der Waals surface area contributed by atoms with Crippen molar-refractivity contribution in [2.75, 3.05) is 20.1 Å². The van der Waals surface area contributed by atoms with Crippen LogP contribution in [0.25, 0.3) is 10.1 Å². The quantitative estimate of drug-likeness (QED) is 0.292. The van der Waals surface area contributed by atoms with Crippen molar-refractivity contribution in [1.82, 2.24) is 4.90 Å². The number of carbonyl (C=O) groups is 1. The molecule has 1 aromatic heterocycles. The molecule has 0 radical (unpaired) electrons.